The summed E-state index contributed by atoms with van der Waals surface area (Å²) in [6.07, 6.45) is 3.22. The summed E-state index contributed by atoms with van der Waals surface area (Å²) in [5.74, 6) is -0.277. The highest BCUT2D eigenvalue weighted by Crippen LogP contribution is 2.26. The molecule has 2 aliphatic heterocycles. The van der Waals surface area contributed by atoms with Crippen LogP contribution in [-0.2, 0) is 9.53 Å². The summed E-state index contributed by atoms with van der Waals surface area (Å²) in [6.45, 7) is 2.98. The van der Waals surface area contributed by atoms with Crippen LogP contribution >= 0.6 is 0 Å². The van der Waals surface area contributed by atoms with Gasteiger partial charge < -0.3 is 15.0 Å². The van der Waals surface area contributed by atoms with Gasteiger partial charge in [0.05, 0.1) is 23.9 Å². The third-order valence-electron chi connectivity index (χ3n) is 4.08. The number of hydrogen-bond donors (Lipinski definition) is 1. The molecule has 1 saturated heterocycles. The molecular formula is C16H20N2O3. The number of hydrogen-bond acceptors (Lipinski definition) is 3. The molecule has 2 heterocycles. The summed E-state index contributed by atoms with van der Waals surface area (Å²) in [4.78, 5) is 26.5. The zero-order valence-electron chi connectivity index (χ0n) is 12.2. The van der Waals surface area contributed by atoms with E-state index in [-0.39, 0.29) is 17.9 Å². The monoisotopic (exact) mass is 288 g/mol. The van der Waals surface area contributed by atoms with Crippen molar-refractivity contribution in [3.8, 4) is 0 Å². The van der Waals surface area contributed by atoms with Gasteiger partial charge in [0.2, 0.25) is 5.91 Å². The molecule has 1 N–H and O–H groups in total. The molecular weight excluding hydrogens is 268 g/mol. The van der Waals surface area contributed by atoms with Gasteiger partial charge in [0.25, 0.3) is 5.91 Å². The van der Waals surface area contributed by atoms with Crippen molar-refractivity contribution in [2.24, 2.45) is 0 Å². The summed E-state index contributed by atoms with van der Waals surface area (Å²) in [7, 11) is 0. The Bertz CT molecular complexity index is 552. The highest BCUT2D eigenvalue weighted by atomic mass is 16.5. The van der Waals surface area contributed by atoms with E-state index in [4.69, 9.17) is 4.74 Å². The number of fused-ring (bicyclic) bond motifs is 1. The molecule has 2 unspecified atom stereocenters. The van der Waals surface area contributed by atoms with Crippen molar-refractivity contribution in [3.05, 3.63) is 29.8 Å². The Morgan fingerprint density at radius 2 is 2.10 bits per heavy atom. The number of anilines is 1. The standard InChI is InChI=1S/C16H20N2O3/c1-11-16(20)18(10-12-6-4-5-9-21-12)14-8-3-2-7-13(14)15(19)17-11/h2-3,7-8,11-12H,4-6,9-10H2,1H3,(H,17,19). The average Bonchev–Trinajstić information content (AvgIpc) is 2.60. The van der Waals surface area contributed by atoms with Gasteiger partial charge in [-0.1, -0.05) is 12.1 Å². The van der Waals surface area contributed by atoms with Crippen molar-refractivity contribution in [2.75, 3.05) is 18.1 Å². The topological polar surface area (TPSA) is 58.6 Å². The van der Waals surface area contributed by atoms with Crippen molar-refractivity contribution >= 4 is 17.5 Å². The summed E-state index contributed by atoms with van der Waals surface area (Å²) in [5.41, 5.74) is 1.23. The average molecular weight is 288 g/mol. The summed E-state index contributed by atoms with van der Waals surface area (Å²) in [5, 5.41) is 2.74. The second-order valence-electron chi connectivity index (χ2n) is 5.65. The number of para-hydroxylation sites is 1. The van der Waals surface area contributed by atoms with Crippen molar-refractivity contribution in [3.63, 3.8) is 0 Å². The van der Waals surface area contributed by atoms with Gasteiger partial charge in [-0.05, 0) is 38.3 Å². The normalized spacial score (nSPS) is 26.0. The molecule has 2 atom stereocenters. The largest absolute Gasteiger partial charge is 0.376 e. The molecule has 1 fully saturated rings. The number of nitrogens with zero attached hydrogens (tertiary/aromatic N) is 1. The summed E-state index contributed by atoms with van der Waals surface area (Å²) < 4.78 is 5.75. The predicted octanol–water partition coefficient (Wildman–Crippen LogP) is 1.72. The van der Waals surface area contributed by atoms with Gasteiger partial charge in [-0.3, -0.25) is 9.59 Å². The van der Waals surface area contributed by atoms with Crippen molar-refractivity contribution in [1.29, 1.82) is 0 Å². The first-order valence-corrected chi connectivity index (χ1v) is 7.49. The summed E-state index contributed by atoms with van der Waals surface area (Å²) in [6, 6.07) is 6.73. The third kappa shape index (κ3) is 2.78. The maximum atomic E-state index is 12.6. The number of carbonyl (C=O) groups excluding carboxylic acids is 2. The van der Waals surface area contributed by atoms with Gasteiger partial charge >= 0.3 is 0 Å². The number of nitrogens with one attached hydrogen (secondary N) is 1. The van der Waals surface area contributed by atoms with Crippen molar-refractivity contribution in [2.45, 2.75) is 38.3 Å². The Kier molecular flexibility index (Phi) is 3.92. The molecule has 2 amide bonds. The lowest BCUT2D eigenvalue weighted by molar-refractivity contribution is -0.120. The first-order valence-electron chi connectivity index (χ1n) is 7.49. The number of carbonyl (C=O) groups is 2. The van der Waals surface area contributed by atoms with Crippen LogP contribution in [0.25, 0.3) is 0 Å². The molecule has 0 spiro atoms. The van der Waals surface area contributed by atoms with E-state index in [9.17, 15) is 9.59 Å². The van der Waals surface area contributed by atoms with Gasteiger partial charge in [-0.25, -0.2) is 0 Å². The minimum absolute atomic E-state index is 0.0520. The maximum Gasteiger partial charge on any atom is 0.254 e. The quantitative estimate of drug-likeness (QED) is 0.901. The molecule has 5 nitrogen and oxygen atoms in total. The fourth-order valence-corrected chi connectivity index (χ4v) is 2.93. The van der Waals surface area contributed by atoms with E-state index in [0.717, 1.165) is 25.9 Å². The lowest BCUT2D eigenvalue weighted by Crippen LogP contribution is -2.47. The van der Waals surface area contributed by atoms with Crippen LogP contribution in [-0.4, -0.2) is 37.1 Å². The molecule has 21 heavy (non-hydrogen) atoms. The predicted molar refractivity (Wildman–Crippen MR) is 79.3 cm³/mol. The van der Waals surface area contributed by atoms with Gasteiger partial charge in [-0.15, -0.1) is 0 Å². The lowest BCUT2D eigenvalue weighted by atomic mass is 10.1. The summed E-state index contributed by atoms with van der Waals surface area (Å²) >= 11 is 0. The first kappa shape index (κ1) is 14.1. The van der Waals surface area contributed by atoms with Crippen LogP contribution in [0.4, 0.5) is 5.69 Å². The fourth-order valence-electron chi connectivity index (χ4n) is 2.93. The van der Waals surface area contributed by atoms with E-state index >= 15 is 0 Å². The molecule has 3 rings (SSSR count). The maximum absolute atomic E-state index is 12.6. The van der Waals surface area contributed by atoms with E-state index in [1.54, 1.807) is 17.9 Å². The van der Waals surface area contributed by atoms with Gasteiger partial charge in [0.1, 0.15) is 6.04 Å². The smallest absolute Gasteiger partial charge is 0.254 e. The Labute approximate surface area is 124 Å². The van der Waals surface area contributed by atoms with Crippen LogP contribution in [0.2, 0.25) is 0 Å². The van der Waals surface area contributed by atoms with Gasteiger partial charge in [-0.2, -0.15) is 0 Å². The molecule has 1 aromatic rings. The van der Waals surface area contributed by atoms with E-state index in [0.29, 0.717) is 17.8 Å². The zero-order valence-corrected chi connectivity index (χ0v) is 12.2. The highest BCUT2D eigenvalue weighted by molar-refractivity contribution is 6.10. The SMILES string of the molecule is CC1NC(=O)c2ccccc2N(CC2CCCCO2)C1=O. The number of amides is 2. The molecule has 112 valence electrons. The Morgan fingerprint density at radius 3 is 2.86 bits per heavy atom. The van der Waals surface area contributed by atoms with E-state index in [1.807, 2.05) is 18.2 Å². The second-order valence-corrected chi connectivity index (χ2v) is 5.65. The van der Waals surface area contributed by atoms with Gasteiger partial charge in [0, 0.05) is 6.61 Å². The first-order chi connectivity index (χ1) is 10.2. The molecule has 5 heteroatoms. The van der Waals surface area contributed by atoms with Crippen LogP contribution in [0.1, 0.15) is 36.5 Å². The van der Waals surface area contributed by atoms with E-state index < -0.39 is 6.04 Å². The van der Waals surface area contributed by atoms with Crippen molar-refractivity contribution < 1.29 is 14.3 Å². The number of rotatable bonds is 2. The van der Waals surface area contributed by atoms with Crippen molar-refractivity contribution in [1.82, 2.24) is 5.32 Å². The molecule has 2 aliphatic rings. The Hall–Kier alpha value is -1.88. The molecule has 0 aromatic heterocycles. The molecule has 0 bridgehead atoms. The third-order valence-corrected chi connectivity index (χ3v) is 4.08. The molecule has 0 saturated carbocycles. The lowest BCUT2D eigenvalue weighted by Gasteiger charge is -2.30. The highest BCUT2D eigenvalue weighted by Gasteiger charge is 2.32. The van der Waals surface area contributed by atoms with Crippen LogP contribution in [0.3, 0.4) is 0 Å². The Morgan fingerprint density at radius 1 is 1.29 bits per heavy atom. The minimum atomic E-state index is -0.520. The van der Waals surface area contributed by atoms with Gasteiger partial charge in [0.15, 0.2) is 0 Å². The van der Waals surface area contributed by atoms with E-state index in [1.165, 1.54) is 0 Å². The fraction of sp³-hybridized carbons (Fsp3) is 0.500. The second kappa shape index (κ2) is 5.85. The van der Waals surface area contributed by atoms with E-state index in [2.05, 4.69) is 5.32 Å². The van der Waals surface area contributed by atoms with Crippen LogP contribution in [0.15, 0.2) is 24.3 Å². The van der Waals surface area contributed by atoms with Crippen LogP contribution in [0.5, 0.6) is 0 Å². The molecule has 1 aromatic carbocycles. The Balaban J connectivity index is 1.92. The molecule has 0 radical (unpaired) electrons. The number of benzene rings is 1. The van der Waals surface area contributed by atoms with Crippen LogP contribution < -0.4 is 10.2 Å². The zero-order chi connectivity index (χ0) is 14.8. The van der Waals surface area contributed by atoms with Crippen LogP contribution in [0, 0.1) is 0 Å². The minimum Gasteiger partial charge on any atom is -0.376 e. The number of ether oxygens (including phenoxy) is 1. The molecule has 0 aliphatic carbocycles.